The predicted molar refractivity (Wildman–Crippen MR) is 107 cm³/mol. The number of nitrogens with zero attached hydrogens (tertiary/aromatic N) is 3. The molecule has 1 fully saturated rings. The number of amides is 1. The van der Waals surface area contributed by atoms with Crippen LogP contribution in [0.1, 0.15) is 11.1 Å². The van der Waals surface area contributed by atoms with Crippen molar-refractivity contribution in [2.75, 3.05) is 33.2 Å². The third kappa shape index (κ3) is 3.92. The number of piperazine rings is 1. The highest BCUT2D eigenvalue weighted by Gasteiger charge is 2.41. The summed E-state index contributed by atoms with van der Waals surface area (Å²) in [6.07, 6.45) is 0.335. The quantitative estimate of drug-likeness (QED) is 0.763. The molecule has 4 rings (SSSR count). The number of hydrogen-bond acceptors (Lipinski definition) is 4. The first-order valence-corrected chi connectivity index (χ1v) is 11.1. The van der Waals surface area contributed by atoms with Gasteiger partial charge in [0.25, 0.3) is 0 Å². The van der Waals surface area contributed by atoms with Gasteiger partial charge in [-0.3, -0.25) is 4.79 Å². The van der Waals surface area contributed by atoms with E-state index >= 15 is 0 Å². The summed E-state index contributed by atoms with van der Waals surface area (Å²) in [5.74, 6) is -0.670. The van der Waals surface area contributed by atoms with E-state index in [4.69, 9.17) is 0 Å². The summed E-state index contributed by atoms with van der Waals surface area (Å²) in [6.45, 7) is 2.81. The average Bonchev–Trinajstić information content (AvgIpc) is 2.73. The zero-order valence-corrected chi connectivity index (χ0v) is 17.1. The highest BCUT2D eigenvalue weighted by Crippen LogP contribution is 2.30. The van der Waals surface area contributed by atoms with Gasteiger partial charge in [0.1, 0.15) is 11.9 Å². The minimum absolute atomic E-state index is 0.00513. The molecule has 0 saturated carbocycles. The Balaban J connectivity index is 1.70. The van der Waals surface area contributed by atoms with Gasteiger partial charge in [-0.25, -0.2) is 12.8 Å². The fourth-order valence-electron chi connectivity index (χ4n) is 3.94. The summed E-state index contributed by atoms with van der Waals surface area (Å²) in [5.41, 5.74) is 1.88. The second-order valence-electron chi connectivity index (χ2n) is 7.62. The van der Waals surface area contributed by atoms with E-state index in [1.54, 1.807) is 4.90 Å². The monoisotopic (exact) mass is 417 g/mol. The molecule has 0 bridgehead atoms. The maximum absolute atomic E-state index is 13.4. The summed E-state index contributed by atoms with van der Waals surface area (Å²) < 4.78 is 41.4. The lowest BCUT2D eigenvalue weighted by molar-refractivity contribution is -0.137. The van der Waals surface area contributed by atoms with Crippen LogP contribution in [0, 0.1) is 5.82 Å². The van der Waals surface area contributed by atoms with E-state index in [0.29, 0.717) is 19.5 Å². The highest BCUT2D eigenvalue weighted by molar-refractivity contribution is 7.89. The SMILES string of the molecule is CN1CCN(C(=O)[C@@H]2Cc3ccccc3CN2S(=O)(=O)c2ccc(F)cc2)CC1. The molecular weight excluding hydrogens is 393 g/mol. The largest absolute Gasteiger partial charge is 0.339 e. The second kappa shape index (κ2) is 7.85. The Kier molecular flexibility index (Phi) is 5.42. The normalized spacial score (nSPS) is 21.0. The molecule has 1 amide bonds. The molecule has 0 N–H and O–H groups in total. The van der Waals surface area contributed by atoms with Crippen molar-refractivity contribution in [2.45, 2.75) is 23.9 Å². The average molecular weight is 418 g/mol. The van der Waals surface area contributed by atoms with Crippen molar-refractivity contribution in [1.82, 2.24) is 14.1 Å². The number of hydrogen-bond donors (Lipinski definition) is 0. The fraction of sp³-hybridized carbons (Fsp3) is 0.381. The zero-order chi connectivity index (χ0) is 20.6. The van der Waals surface area contributed by atoms with E-state index in [2.05, 4.69) is 4.90 Å². The van der Waals surface area contributed by atoms with Gasteiger partial charge in [0.05, 0.1) is 4.90 Å². The summed E-state index contributed by atoms with van der Waals surface area (Å²) >= 11 is 0. The summed E-state index contributed by atoms with van der Waals surface area (Å²) in [5, 5.41) is 0. The Morgan fingerprint density at radius 3 is 2.24 bits per heavy atom. The lowest BCUT2D eigenvalue weighted by Crippen LogP contribution is -2.57. The lowest BCUT2D eigenvalue weighted by atomic mass is 9.95. The maximum atomic E-state index is 13.4. The second-order valence-corrected chi connectivity index (χ2v) is 9.51. The number of halogens is 1. The Labute approximate surface area is 170 Å². The van der Waals surface area contributed by atoms with Crippen LogP contribution in [0.4, 0.5) is 4.39 Å². The standard InChI is InChI=1S/C21H24FN3O3S/c1-23-10-12-24(13-11-23)21(26)20-14-16-4-2-3-5-17(16)15-25(20)29(27,28)19-8-6-18(22)7-9-19/h2-9,20H,10-15H2,1H3/t20-/m0/s1. The van der Waals surface area contributed by atoms with Gasteiger partial charge in [-0.2, -0.15) is 4.31 Å². The summed E-state index contributed by atoms with van der Waals surface area (Å²) in [6, 6.07) is 11.6. The van der Waals surface area contributed by atoms with Crippen molar-refractivity contribution in [3.63, 3.8) is 0 Å². The molecule has 0 spiro atoms. The molecule has 2 aliphatic heterocycles. The number of rotatable bonds is 3. The smallest absolute Gasteiger partial charge is 0.244 e. The molecule has 2 aliphatic rings. The van der Waals surface area contributed by atoms with Crippen LogP contribution in [-0.2, 0) is 27.8 Å². The van der Waals surface area contributed by atoms with E-state index in [-0.39, 0.29) is 17.3 Å². The molecule has 154 valence electrons. The summed E-state index contributed by atoms with van der Waals surface area (Å²) in [7, 11) is -1.95. The van der Waals surface area contributed by atoms with Gasteiger partial charge in [0.2, 0.25) is 15.9 Å². The fourth-order valence-corrected chi connectivity index (χ4v) is 5.50. The molecule has 2 heterocycles. The Morgan fingerprint density at radius 1 is 0.966 bits per heavy atom. The Bertz CT molecular complexity index is 1000. The molecule has 6 nitrogen and oxygen atoms in total. The molecule has 1 saturated heterocycles. The van der Waals surface area contributed by atoms with Crippen molar-refractivity contribution in [3.8, 4) is 0 Å². The molecule has 0 radical (unpaired) electrons. The number of likely N-dealkylation sites (N-methyl/N-ethyl adjacent to an activating group) is 1. The number of benzene rings is 2. The molecule has 0 aromatic heterocycles. The Hall–Kier alpha value is -2.29. The first kappa shape index (κ1) is 20.0. The molecule has 2 aromatic carbocycles. The van der Waals surface area contributed by atoms with Crippen LogP contribution in [-0.4, -0.2) is 67.7 Å². The third-order valence-corrected chi connectivity index (χ3v) is 7.59. The van der Waals surface area contributed by atoms with Gasteiger partial charge in [-0.1, -0.05) is 24.3 Å². The molecular formula is C21H24FN3O3S. The molecule has 0 unspecified atom stereocenters. The van der Waals surface area contributed by atoms with Crippen molar-refractivity contribution >= 4 is 15.9 Å². The van der Waals surface area contributed by atoms with Crippen LogP contribution >= 0.6 is 0 Å². The highest BCUT2D eigenvalue weighted by atomic mass is 32.2. The van der Waals surface area contributed by atoms with Gasteiger partial charge in [0.15, 0.2) is 0 Å². The van der Waals surface area contributed by atoms with Gasteiger partial charge >= 0.3 is 0 Å². The van der Waals surface area contributed by atoms with Crippen molar-refractivity contribution in [1.29, 1.82) is 0 Å². The van der Waals surface area contributed by atoms with Crippen LogP contribution in [0.15, 0.2) is 53.4 Å². The summed E-state index contributed by atoms with van der Waals surface area (Å²) in [4.78, 5) is 17.2. The first-order chi connectivity index (χ1) is 13.9. The number of sulfonamides is 1. The van der Waals surface area contributed by atoms with Gasteiger partial charge in [-0.05, 0) is 48.9 Å². The minimum atomic E-state index is -3.96. The molecule has 29 heavy (non-hydrogen) atoms. The minimum Gasteiger partial charge on any atom is -0.339 e. The lowest BCUT2D eigenvalue weighted by Gasteiger charge is -2.40. The number of carbonyl (C=O) groups is 1. The maximum Gasteiger partial charge on any atom is 0.244 e. The van der Waals surface area contributed by atoms with Gasteiger partial charge in [-0.15, -0.1) is 0 Å². The van der Waals surface area contributed by atoms with Gasteiger partial charge in [0, 0.05) is 32.7 Å². The van der Waals surface area contributed by atoms with E-state index < -0.39 is 21.9 Å². The number of carbonyl (C=O) groups excluding carboxylic acids is 1. The predicted octanol–water partition coefficient (Wildman–Crippen LogP) is 1.72. The van der Waals surface area contributed by atoms with Crippen molar-refractivity contribution in [3.05, 3.63) is 65.5 Å². The molecule has 0 aliphatic carbocycles. The van der Waals surface area contributed by atoms with Gasteiger partial charge < -0.3 is 9.80 Å². The topological polar surface area (TPSA) is 60.9 Å². The van der Waals surface area contributed by atoms with Crippen LogP contribution in [0.25, 0.3) is 0 Å². The van der Waals surface area contributed by atoms with Crippen LogP contribution in [0.2, 0.25) is 0 Å². The van der Waals surface area contributed by atoms with Crippen molar-refractivity contribution < 1.29 is 17.6 Å². The van der Waals surface area contributed by atoms with Crippen LogP contribution < -0.4 is 0 Å². The Morgan fingerprint density at radius 2 is 1.59 bits per heavy atom. The third-order valence-electron chi connectivity index (χ3n) is 5.73. The van der Waals surface area contributed by atoms with Crippen LogP contribution in [0.3, 0.4) is 0 Å². The van der Waals surface area contributed by atoms with E-state index in [0.717, 1.165) is 36.3 Å². The van der Waals surface area contributed by atoms with Crippen LogP contribution in [0.5, 0.6) is 0 Å². The molecule has 2 aromatic rings. The van der Waals surface area contributed by atoms with Crippen molar-refractivity contribution in [2.24, 2.45) is 0 Å². The molecule has 8 heteroatoms. The van der Waals surface area contributed by atoms with E-state index in [9.17, 15) is 17.6 Å². The first-order valence-electron chi connectivity index (χ1n) is 9.68. The number of fused-ring (bicyclic) bond motifs is 1. The van der Waals surface area contributed by atoms with E-state index in [1.807, 2.05) is 31.3 Å². The van der Waals surface area contributed by atoms with E-state index in [1.165, 1.54) is 16.4 Å². The zero-order valence-electron chi connectivity index (χ0n) is 16.3. The molecule has 1 atom stereocenters.